The number of nitrogens with one attached hydrogen (secondary N) is 2. The smallest absolute Gasteiger partial charge is 0.237 e. The Morgan fingerprint density at radius 2 is 2.47 bits per heavy atom. The highest BCUT2D eigenvalue weighted by Gasteiger charge is 2.20. The van der Waals surface area contributed by atoms with Crippen LogP contribution in [0.4, 0.5) is 0 Å². The van der Waals surface area contributed by atoms with Crippen molar-refractivity contribution in [2.45, 2.75) is 38.6 Å². The first-order valence-corrected chi connectivity index (χ1v) is 5.86. The average molecular weight is 214 g/mol. The van der Waals surface area contributed by atoms with E-state index in [1.54, 1.807) is 0 Å². The van der Waals surface area contributed by atoms with Gasteiger partial charge < -0.3 is 15.7 Å². The summed E-state index contributed by atoms with van der Waals surface area (Å²) in [5.74, 6) is 0.468. The molecule has 0 aliphatic carbocycles. The van der Waals surface area contributed by atoms with Crippen molar-refractivity contribution in [1.29, 1.82) is 0 Å². The van der Waals surface area contributed by atoms with Gasteiger partial charge in [0.15, 0.2) is 0 Å². The van der Waals surface area contributed by atoms with E-state index in [-0.39, 0.29) is 18.6 Å². The second kappa shape index (κ2) is 6.80. The van der Waals surface area contributed by atoms with E-state index in [9.17, 15) is 4.79 Å². The summed E-state index contributed by atoms with van der Waals surface area (Å²) in [6, 6.07) is 0.0280. The number of hydrogen-bond acceptors (Lipinski definition) is 3. The Morgan fingerprint density at radius 1 is 1.67 bits per heavy atom. The normalized spacial score (nSPS) is 22.7. The number of rotatable bonds is 6. The first kappa shape index (κ1) is 12.5. The van der Waals surface area contributed by atoms with Gasteiger partial charge in [0.25, 0.3) is 0 Å². The maximum atomic E-state index is 11.5. The molecule has 0 aromatic heterocycles. The molecule has 1 rings (SSSR count). The van der Waals surface area contributed by atoms with Gasteiger partial charge in [0.2, 0.25) is 5.91 Å². The summed E-state index contributed by atoms with van der Waals surface area (Å²) >= 11 is 0. The van der Waals surface area contributed by atoms with Gasteiger partial charge in [-0.2, -0.15) is 0 Å². The highest BCUT2D eigenvalue weighted by atomic mass is 16.3. The molecule has 1 aliphatic rings. The van der Waals surface area contributed by atoms with Crippen LogP contribution in [0.2, 0.25) is 0 Å². The standard InChI is InChI=1S/C11H22N2O2/c1-9(8-14)4-2-7-13-11(15)10-5-3-6-12-10/h9-10,12,14H,2-8H2,1H3,(H,13,15)/t9?,10-/m1/s1. The van der Waals surface area contributed by atoms with E-state index in [0.29, 0.717) is 5.92 Å². The minimum Gasteiger partial charge on any atom is -0.396 e. The minimum atomic E-state index is 0.0280. The Morgan fingerprint density at radius 3 is 3.07 bits per heavy atom. The highest BCUT2D eigenvalue weighted by molar-refractivity contribution is 5.81. The molecule has 0 bridgehead atoms. The van der Waals surface area contributed by atoms with Crippen molar-refractivity contribution in [3.8, 4) is 0 Å². The van der Waals surface area contributed by atoms with Crippen LogP contribution in [-0.2, 0) is 4.79 Å². The number of aliphatic hydroxyl groups excluding tert-OH is 1. The summed E-state index contributed by atoms with van der Waals surface area (Å²) in [5.41, 5.74) is 0. The SMILES string of the molecule is CC(CO)CCCNC(=O)[C@H]1CCCN1. The van der Waals surface area contributed by atoms with Crippen LogP contribution in [0.5, 0.6) is 0 Å². The summed E-state index contributed by atoms with van der Waals surface area (Å²) in [4.78, 5) is 11.5. The van der Waals surface area contributed by atoms with Gasteiger partial charge in [-0.3, -0.25) is 4.79 Å². The first-order valence-electron chi connectivity index (χ1n) is 5.86. The van der Waals surface area contributed by atoms with Crippen LogP contribution in [0.3, 0.4) is 0 Å². The molecule has 4 nitrogen and oxygen atoms in total. The van der Waals surface area contributed by atoms with Crippen molar-refractivity contribution in [2.24, 2.45) is 5.92 Å². The third kappa shape index (κ3) is 4.62. The molecule has 2 atom stereocenters. The van der Waals surface area contributed by atoms with Gasteiger partial charge >= 0.3 is 0 Å². The molecular weight excluding hydrogens is 192 g/mol. The lowest BCUT2D eigenvalue weighted by molar-refractivity contribution is -0.122. The number of hydrogen-bond donors (Lipinski definition) is 3. The maximum Gasteiger partial charge on any atom is 0.237 e. The Balaban J connectivity index is 2.01. The maximum absolute atomic E-state index is 11.5. The third-order valence-corrected chi connectivity index (χ3v) is 2.86. The Hall–Kier alpha value is -0.610. The van der Waals surface area contributed by atoms with E-state index >= 15 is 0 Å². The van der Waals surface area contributed by atoms with Gasteiger partial charge in [0.1, 0.15) is 0 Å². The molecule has 1 saturated heterocycles. The summed E-state index contributed by atoms with van der Waals surface area (Å²) < 4.78 is 0. The summed E-state index contributed by atoms with van der Waals surface area (Å²) in [5, 5.41) is 14.9. The van der Waals surface area contributed by atoms with Crippen LogP contribution in [0, 0.1) is 5.92 Å². The predicted molar refractivity (Wildman–Crippen MR) is 59.5 cm³/mol. The van der Waals surface area contributed by atoms with E-state index in [2.05, 4.69) is 10.6 Å². The molecule has 1 heterocycles. The number of carbonyl (C=O) groups is 1. The van der Waals surface area contributed by atoms with E-state index in [1.807, 2.05) is 6.92 Å². The van der Waals surface area contributed by atoms with Crippen molar-refractivity contribution in [1.82, 2.24) is 10.6 Å². The quantitative estimate of drug-likeness (QED) is 0.556. The van der Waals surface area contributed by atoms with Crippen LogP contribution in [0.25, 0.3) is 0 Å². The van der Waals surface area contributed by atoms with Crippen LogP contribution < -0.4 is 10.6 Å². The fourth-order valence-corrected chi connectivity index (χ4v) is 1.78. The van der Waals surface area contributed by atoms with Crippen molar-refractivity contribution in [3.05, 3.63) is 0 Å². The molecule has 15 heavy (non-hydrogen) atoms. The van der Waals surface area contributed by atoms with E-state index in [0.717, 1.165) is 38.8 Å². The fraction of sp³-hybridized carbons (Fsp3) is 0.909. The van der Waals surface area contributed by atoms with Gasteiger partial charge in [0, 0.05) is 13.2 Å². The van der Waals surface area contributed by atoms with Gasteiger partial charge in [-0.05, 0) is 38.1 Å². The average Bonchev–Trinajstić information content (AvgIpc) is 2.77. The van der Waals surface area contributed by atoms with Gasteiger partial charge in [-0.25, -0.2) is 0 Å². The molecule has 0 saturated carbocycles. The lowest BCUT2D eigenvalue weighted by atomic mass is 10.1. The van der Waals surface area contributed by atoms with Crippen LogP contribution in [0.1, 0.15) is 32.6 Å². The number of carbonyl (C=O) groups excluding carboxylic acids is 1. The second-order valence-electron chi connectivity index (χ2n) is 4.37. The monoisotopic (exact) mass is 214 g/mol. The van der Waals surface area contributed by atoms with Crippen molar-refractivity contribution in [3.63, 3.8) is 0 Å². The van der Waals surface area contributed by atoms with E-state index < -0.39 is 0 Å². The molecular formula is C11H22N2O2. The predicted octanol–water partition coefficient (Wildman–Crippen LogP) is 0.263. The molecule has 88 valence electrons. The molecule has 0 aromatic carbocycles. The van der Waals surface area contributed by atoms with E-state index in [4.69, 9.17) is 5.11 Å². The van der Waals surface area contributed by atoms with Gasteiger partial charge in [-0.1, -0.05) is 6.92 Å². The zero-order valence-electron chi connectivity index (χ0n) is 9.46. The molecule has 1 amide bonds. The first-order chi connectivity index (χ1) is 7.24. The van der Waals surface area contributed by atoms with Gasteiger partial charge in [0.05, 0.1) is 6.04 Å². The van der Waals surface area contributed by atoms with Crippen LogP contribution in [-0.4, -0.2) is 36.8 Å². The third-order valence-electron chi connectivity index (χ3n) is 2.86. The number of amides is 1. The van der Waals surface area contributed by atoms with Crippen molar-refractivity contribution in [2.75, 3.05) is 19.7 Å². The summed E-state index contributed by atoms with van der Waals surface area (Å²) in [6.45, 7) is 3.93. The van der Waals surface area contributed by atoms with Crippen LogP contribution in [0.15, 0.2) is 0 Å². The zero-order chi connectivity index (χ0) is 11.1. The molecule has 1 aliphatic heterocycles. The van der Waals surface area contributed by atoms with E-state index in [1.165, 1.54) is 0 Å². The molecule has 4 heteroatoms. The summed E-state index contributed by atoms with van der Waals surface area (Å²) in [6.07, 6.45) is 3.97. The molecule has 3 N–H and O–H groups in total. The molecule has 0 radical (unpaired) electrons. The van der Waals surface area contributed by atoms with Crippen LogP contribution >= 0.6 is 0 Å². The van der Waals surface area contributed by atoms with Crippen molar-refractivity contribution >= 4 is 5.91 Å². The highest BCUT2D eigenvalue weighted by Crippen LogP contribution is 2.05. The lowest BCUT2D eigenvalue weighted by Gasteiger charge is -2.12. The fourth-order valence-electron chi connectivity index (χ4n) is 1.78. The summed E-state index contributed by atoms with van der Waals surface area (Å²) in [7, 11) is 0. The Bertz CT molecular complexity index is 191. The molecule has 0 aromatic rings. The minimum absolute atomic E-state index is 0.0280. The molecule has 0 spiro atoms. The second-order valence-corrected chi connectivity index (χ2v) is 4.37. The van der Waals surface area contributed by atoms with Gasteiger partial charge in [-0.15, -0.1) is 0 Å². The molecule has 1 unspecified atom stereocenters. The number of aliphatic hydroxyl groups is 1. The zero-order valence-corrected chi connectivity index (χ0v) is 9.46. The topological polar surface area (TPSA) is 61.4 Å². The van der Waals surface area contributed by atoms with Crippen molar-refractivity contribution < 1.29 is 9.90 Å². The Labute approximate surface area is 91.4 Å². The lowest BCUT2D eigenvalue weighted by Crippen LogP contribution is -2.40. The Kier molecular flexibility index (Phi) is 5.65. The molecule has 1 fully saturated rings. The largest absolute Gasteiger partial charge is 0.396 e.